The van der Waals surface area contributed by atoms with Gasteiger partial charge in [-0.1, -0.05) is 19.1 Å². The van der Waals surface area contributed by atoms with Crippen LogP contribution in [0.4, 0.5) is 0 Å². The molecule has 1 amide bonds. The summed E-state index contributed by atoms with van der Waals surface area (Å²) in [5, 5.41) is 4.25. The average molecular weight is 383 g/mol. The summed E-state index contributed by atoms with van der Waals surface area (Å²) in [6.07, 6.45) is 4.26. The van der Waals surface area contributed by atoms with Gasteiger partial charge in [0.25, 0.3) is 5.91 Å². The number of carbonyl (C=O) groups excluding carboxylic acids is 2. The second-order valence-electron chi connectivity index (χ2n) is 7.59. The number of aryl methyl sites for hydroxylation is 1. The first kappa shape index (κ1) is 20.1. The highest BCUT2D eigenvalue weighted by atomic mass is 16.5. The van der Waals surface area contributed by atoms with Gasteiger partial charge in [-0.25, -0.2) is 0 Å². The van der Waals surface area contributed by atoms with E-state index in [1.54, 1.807) is 27.9 Å². The Morgan fingerprint density at radius 3 is 2.86 bits per heavy atom. The van der Waals surface area contributed by atoms with Crippen molar-refractivity contribution in [1.82, 2.24) is 14.7 Å². The Morgan fingerprint density at radius 2 is 2.11 bits per heavy atom. The van der Waals surface area contributed by atoms with E-state index in [-0.39, 0.29) is 23.7 Å². The molecule has 1 aliphatic heterocycles. The van der Waals surface area contributed by atoms with Gasteiger partial charge in [0.2, 0.25) is 0 Å². The van der Waals surface area contributed by atoms with Crippen molar-refractivity contribution in [2.75, 3.05) is 13.1 Å². The maximum Gasteiger partial charge on any atom is 0.272 e. The molecule has 1 aliphatic rings. The van der Waals surface area contributed by atoms with Gasteiger partial charge in [-0.15, -0.1) is 0 Å². The number of ketones is 1. The minimum absolute atomic E-state index is 0.0414. The Labute approximate surface area is 166 Å². The summed E-state index contributed by atoms with van der Waals surface area (Å²) in [6.45, 7) is 7.82. The van der Waals surface area contributed by atoms with Crippen molar-refractivity contribution in [3.63, 3.8) is 0 Å². The highest BCUT2D eigenvalue weighted by Crippen LogP contribution is 2.24. The molecule has 1 aromatic heterocycles. The molecule has 1 fully saturated rings. The third-order valence-electron chi connectivity index (χ3n) is 4.94. The number of piperidine rings is 1. The number of hydrogen-bond acceptors (Lipinski definition) is 4. The summed E-state index contributed by atoms with van der Waals surface area (Å²) < 4.78 is 7.46. The van der Waals surface area contributed by atoms with Gasteiger partial charge in [0, 0.05) is 37.3 Å². The minimum Gasteiger partial charge on any atom is -0.491 e. The molecule has 3 rings (SSSR count). The normalized spacial score (nSPS) is 17.0. The highest BCUT2D eigenvalue weighted by molar-refractivity contribution is 5.99. The molecule has 0 unspecified atom stereocenters. The van der Waals surface area contributed by atoms with Crippen LogP contribution in [0.5, 0.6) is 5.75 Å². The maximum absolute atomic E-state index is 13.1. The van der Waals surface area contributed by atoms with Gasteiger partial charge in [0.15, 0.2) is 5.78 Å². The quantitative estimate of drug-likeness (QED) is 0.682. The Bertz CT molecular complexity index is 828. The first-order valence-corrected chi connectivity index (χ1v) is 10.1. The Kier molecular flexibility index (Phi) is 6.49. The number of carbonyl (C=O) groups is 2. The molecule has 1 saturated heterocycles. The number of Topliss-reactive ketones (excluding diaryl/α,β-unsaturated/α-hetero) is 1. The number of rotatable bonds is 7. The monoisotopic (exact) mass is 383 g/mol. The second kappa shape index (κ2) is 9.04. The third-order valence-corrected chi connectivity index (χ3v) is 4.94. The van der Waals surface area contributed by atoms with E-state index in [0.717, 1.165) is 19.3 Å². The lowest BCUT2D eigenvalue weighted by atomic mass is 9.89. The van der Waals surface area contributed by atoms with Crippen molar-refractivity contribution < 1.29 is 14.3 Å². The number of ether oxygens (including phenoxy) is 1. The van der Waals surface area contributed by atoms with Crippen LogP contribution in [0, 0.1) is 5.92 Å². The molecule has 28 heavy (non-hydrogen) atoms. The molecule has 1 aromatic carbocycles. The van der Waals surface area contributed by atoms with Crippen LogP contribution in [0.25, 0.3) is 0 Å². The standard InChI is InChI=1S/C22H29N3O3/c1-4-12-25-20(10-11-23-25)22(27)24-13-6-8-18(15-24)21(26)17-7-5-9-19(14-17)28-16(2)3/h5,7,9-11,14,16,18H,4,6,8,12-13,15H2,1-3H3/t18-/m1/s1. The van der Waals surface area contributed by atoms with Crippen LogP contribution in [0.15, 0.2) is 36.5 Å². The molecule has 0 N–H and O–H groups in total. The van der Waals surface area contributed by atoms with Gasteiger partial charge in [-0.05, 0) is 51.3 Å². The molecule has 0 spiro atoms. The highest BCUT2D eigenvalue weighted by Gasteiger charge is 2.30. The van der Waals surface area contributed by atoms with Gasteiger partial charge >= 0.3 is 0 Å². The first-order chi connectivity index (χ1) is 13.5. The summed E-state index contributed by atoms with van der Waals surface area (Å²) in [5.41, 5.74) is 1.25. The zero-order valence-corrected chi connectivity index (χ0v) is 16.9. The van der Waals surface area contributed by atoms with Crippen molar-refractivity contribution in [2.45, 2.75) is 52.7 Å². The summed E-state index contributed by atoms with van der Waals surface area (Å²) in [6, 6.07) is 9.10. The van der Waals surface area contributed by atoms with Gasteiger partial charge in [0.1, 0.15) is 11.4 Å². The van der Waals surface area contributed by atoms with E-state index in [1.807, 2.05) is 32.0 Å². The van der Waals surface area contributed by atoms with Crippen molar-refractivity contribution in [3.05, 3.63) is 47.8 Å². The summed E-state index contributed by atoms with van der Waals surface area (Å²) in [4.78, 5) is 27.8. The van der Waals surface area contributed by atoms with Crippen molar-refractivity contribution in [2.24, 2.45) is 5.92 Å². The van der Waals surface area contributed by atoms with E-state index >= 15 is 0 Å². The van der Waals surface area contributed by atoms with E-state index < -0.39 is 0 Å². The van der Waals surface area contributed by atoms with Crippen molar-refractivity contribution >= 4 is 11.7 Å². The Balaban J connectivity index is 1.71. The third kappa shape index (κ3) is 4.61. The number of amides is 1. The largest absolute Gasteiger partial charge is 0.491 e. The molecule has 1 atom stereocenters. The fraction of sp³-hybridized carbons (Fsp3) is 0.500. The number of hydrogen-bond donors (Lipinski definition) is 0. The Hall–Kier alpha value is -2.63. The molecule has 0 radical (unpaired) electrons. The number of benzene rings is 1. The Morgan fingerprint density at radius 1 is 1.29 bits per heavy atom. The van der Waals surface area contributed by atoms with E-state index in [0.29, 0.717) is 36.6 Å². The van der Waals surface area contributed by atoms with Gasteiger partial charge in [-0.2, -0.15) is 5.10 Å². The summed E-state index contributed by atoms with van der Waals surface area (Å²) in [5.74, 6) is 0.553. The molecule has 6 heteroatoms. The van der Waals surface area contributed by atoms with Crippen LogP contribution in [0.1, 0.15) is 60.9 Å². The van der Waals surface area contributed by atoms with Crippen molar-refractivity contribution in [1.29, 1.82) is 0 Å². The summed E-state index contributed by atoms with van der Waals surface area (Å²) >= 11 is 0. The molecule has 2 heterocycles. The second-order valence-corrected chi connectivity index (χ2v) is 7.59. The van der Waals surface area contributed by atoms with Crippen molar-refractivity contribution in [3.8, 4) is 5.75 Å². The van der Waals surface area contributed by atoms with Crippen LogP contribution < -0.4 is 4.74 Å². The van der Waals surface area contributed by atoms with E-state index in [4.69, 9.17) is 4.74 Å². The predicted octanol–water partition coefficient (Wildman–Crippen LogP) is 3.82. The molecular formula is C22H29N3O3. The van der Waals surface area contributed by atoms with E-state index in [9.17, 15) is 9.59 Å². The van der Waals surface area contributed by atoms with Gasteiger partial charge < -0.3 is 9.64 Å². The molecule has 0 bridgehead atoms. The topological polar surface area (TPSA) is 64.4 Å². The van der Waals surface area contributed by atoms with Crippen LogP contribution in [-0.2, 0) is 6.54 Å². The zero-order valence-electron chi connectivity index (χ0n) is 16.9. The van der Waals surface area contributed by atoms with E-state index in [1.165, 1.54) is 0 Å². The molecule has 0 aliphatic carbocycles. The van der Waals surface area contributed by atoms with E-state index in [2.05, 4.69) is 12.0 Å². The molecule has 150 valence electrons. The molecule has 2 aromatic rings. The predicted molar refractivity (Wildman–Crippen MR) is 108 cm³/mol. The van der Waals surface area contributed by atoms with Crippen LogP contribution in [0.2, 0.25) is 0 Å². The SMILES string of the molecule is CCCn1nccc1C(=O)N1CCC[C@@H](C(=O)c2cccc(OC(C)C)c2)C1. The number of likely N-dealkylation sites (tertiary alicyclic amines) is 1. The fourth-order valence-electron chi connectivity index (χ4n) is 3.67. The van der Waals surface area contributed by atoms with Gasteiger partial charge in [-0.3, -0.25) is 14.3 Å². The maximum atomic E-state index is 13.1. The smallest absolute Gasteiger partial charge is 0.272 e. The minimum atomic E-state index is -0.186. The fourth-order valence-corrected chi connectivity index (χ4v) is 3.67. The lowest BCUT2D eigenvalue weighted by Crippen LogP contribution is -2.43. The lowest BCUT2D eigenvalue weighted by molar-refractivity contribution is 0.0626. The number of aromatic nitrogens is 2. The summed E-state index contributed by atoms with van der Waals surface area (Å²) in [7, 11) is 0. The number of nitrogens with zero attached hydrogens (tertiary/aromatic N) is 3. The van der Waals surface area contributed by atoms with Crippen LogP contribution in [-0.4, -0.2) is 45.6 Å². The lowest BCUT2D eigenvalue weighted by Gasteiger charge is -2.32. The average Bonchev–Trinajstić information content (AvgIpc) is 3.15. The van der Waals surface area contributed by atoms with Gasteiger partial charge in [0.05, 0.1) is 6.10 Å². The molecular weight excluding hydrogens is 354 g/mol. The van der Waals surface area contributed by atoms with Crippen LogP contribution >= 0.6 is 0 Å². The first-order valence-electron chi connectivity index (χ1n) is 10.1. The zero-order chi connectivity index (χ0) is 20.1. The molecule has 0 saturated carbocycles. The molecule has 6 nitrogen and oxygen atoms in total. The van der Waals surface area contributed by atoms with Crippen LogP contribution in [0.3, 0.4) is 0 Å².